The van der Waals surface area contributed by atoms with Crippen molar-refractivity contribution >= 4 is 54.3 Å². The van der Waals surface area contributed by atoms with Crippen LogP contribution in [0.5, 0.6) is 0 Å². The zero-order valence-electron chi connectivity index (χ0n) is 13.4. The van der Waals surface area contributed by atoms with Gasteiger partial charge in [0.2, 0.25) is 0 Å². The van der Waals surface area contributed by atoms with E-state index in [9.17, 15) is 0 Å². The van der Waals surface area contributed by atoms with Crippen molar-refractivity contribution in [1.29, 1.82) is 0 Å². The summed E-state index contributed by atoms with van der Waals surface area (Å²) in [7, 11) is 0. The predicted molar refractivity (Wildman–Crippen MR) is 108 cm³/mol. The molecule has 0 bridgehead atoms. The molecule has 1 N–H and O–H groups in total. The average Bonchev–Trinajstić information content (AvgIpc) is 3.32. The maximum atomic E-state index is 3.58. The third kappa shape index (κ3) is 1.73. The van der Waals surface area contributed by atoms with Crippen molar-refractivity contribution in [2.75, 3.05) is 0 Å². The number of hydrogen-bond acceptors (Lipinski definition) is 1. The summed E-state index contributed by atoms with van der Waals surface area (Å²) in [5, 5.41) is 7.41. The lowest BCUT2D eigenvalue weighted by Crippen LogP contribution is -1.91. The van der Waals surface area contributed by atoms with Crippen molar-refractivity contribution in [2.45, 2.75) is 0 Å². The highest BCUT2D eigenvalue weighted by Crippen LogP contribution is 2.38. The Balaban J connectivity index is 1.84. The number of para-hydroxylation sites is 2. The molecule has 3 aromatic heterocycles. The van der Waals surface area contributed by atoms with E-state index in [-0.39, 0.29) is 0 Å². The third-order valence-electron chi connectivity index (χ3n) is 5.02. The topological polar surface area (TPSA) is 20.7 Å². The Morgan fingerprint density at radius 1 is 0.680 bits per heavy atom. The first kappa shape index (κ1) is 13.3. The highest BCUT2D eigenvalue weighted by Gasteiger charge is 2.15. The van der Waals surface area contributed by atoms with Crippen LogP contribution in [-0.2, 0) is 0 Å². The third-order valence-corrected chi connectivity index (χ3v) is 5.91. The monoisotopic (exact) mass is 338 g/mol. The van der Waals surface area contributed by atoms with Crippen LogP contribution in [0, 0.1) is 0 Å². The van der Waals surface area contributed by atoms with Crippen LogP contribution >= 0.6 is 11.3 Å². The molecule has 6 aromatic rings. The zero-order chi connectivity index (χ0) is 16.4. The quantitative estimate of drug-likeness (QED) is 0.354. The Morgan fingerprint density at radius 3 is 2.44 bits per heavy atom. The van der Waals surface area contributed by atoms with E-state index in [1.165, 1.54) is 48.6 Å². The molecule has 2 nitrogen and oxygen atoms in total. The van der Waals surface area contributed by atoms with Gasteiger partial charge >= 0.3 is 0 Å². The molecule has 0 spiro atoms. The van der Waals surface area contributed by atoms with Gasteiger partial charge in [-0.15, -0.1) is 11.3 Å². The highest BCUT2D eigenvalue weighted by atomic mass is 32.1. The zero-order valence-corrected chi connectivity index (χ0v) is 14.2. The summed E-state index contributed by atoms with van der Waals surface area (Å²) in [6, 6.07) is 26.0. The number of aromatic nitrogens is 2. The molecule has 0 aliphatic rings. The largest absolute Gasteiger partial charge is 0.354 e. The summed E-state index contributed by atoms with van der Waals surface area (Å²) >= 11 is 1.80. The standard InChI is InChI=1S/C22H14N2S/c1-2-6-14(7-3-1)24-21-13-20-17(15-8-4-5-9-19(15)23-20)12-18(21)16-10-11-25-22(16)24/h1-13,23H. The predicted octanol–water partition coefficient (Wildman–Crippen LogP) is 6.48. The molecule has 3 heterocycles. The number of nitrogens with zero attached hydrogens (tertiary/aromatic N) is 1. The summed E-state index contributed by atoms with van der Waals surface area (Å²) in [6.45, 7) is 0. The summed E-state index contributed by atoms with van der Waals surface area (Å²) in [5.41, 5.74) is 4.85. The van der Waals surface area contributed by atoms with Crippen molar-refractivity contribution in [3.05, 3.63) is 78.2 Å². The van der Waals surface area contributed by atoms with Crippen molar-refractivity contribution in [2.24, 2.45) is 0 Å². The summed E-state index contributed by atoms with van der Waals surface area (Å²) < 4.78 is 2.38. The van der Waals surface area contributed by atoms with Gasteiger partial charge in [0.15, 0.2) is 0 Å². The smallest absolute Gasteiger partial charge is 0.108 e. The Kier molecular flexibility index (Phi) is 2.52. The Labute approximate surface area is 147 Å². The van der Waals surface area contributed by atoms with Crippen LogP contribution in [0.4, 0.5) is 0 Å². The molecular weight excluding hydrogens is 324 g/mol. The number of nitrogens with one attached hydrogen (secondary N) is 1. The van der Waals surface area contributed by atoms with Crippen molar-refractivity contribution in [3.63, 3.8) is 0 Å². The minimum absolute atomic E-state index is 1.19. The highest BCUT2D eigenvalue weighted by molar-refractivity contribution is 7.17. The fraction of sp³-hybridized carbons (Fsp3) is 0. The normalized spacial score (nSPS) is 12.0. The number of hydrogen-bond donors (Lipinski definition) is 1. The van der Waals surface area contributed by atoms with Crippen LogP contribution in [0.3, 0.4) is 0 Å². The number of rotatable bonds is 1. The SMILES string of the molecule is c1ccc(-n2c3cc4[nH]c5ccccc5c4cc3c3ccsc32)cc1. The van der Waals surface area contributed by atoms with E-state index in [4.69, 9.17) is 0 Å². The van der Waals surface area contributed by atoms with Gasteiger partial charge in [-0.3, -0.25) is 0 Å². The maximum Gasteiger partial charge on any atom is 0.108 e. The van der Waals surface area contributed by atoms with Gasteiger partial charge < -0.3 is 9.55 Å². The fourth-order valence-corrected chi connectivity index (χ4v) is 4.86. The number of H-pyrrole nitrogens is 1. The van der Waals surface area contributed by atoms with Gasteiger partial charge in [0.25, 0.3) is 0 Å². The van der Waals surface area contributed by atoms with E-state index in [1.807, 2.05) is 0 Å². The van der Waals surface area contributed by atoms with Gasteiger partial charge in [-0.25, -0.2) is 0 Å². The average molecular weight is 338 g/mol. The van der Waals surface area contributed by atoms with Crippen LogP contribution in [0.1, 0.15) is 0 Å². The molecule has 118 valence electrons. The number of benzene rings is 3. The van der Waals surface area contributed by atoms with Gasteiger partial charge in [-0.1, -0.05) is 36.4 Å². The van der Waals surface area contributed by atoms with Gasteiger partial charge in [0.05, 0.1) is 5.52 Å². The van der Waals surface area contributed by atoms with Crippen molar-refractivity contribution < 1.29 is 0 Å². The van der Waals surface area contributed by atoms with E-state index in [2.05, 4.69) is 87.7 Å². The lowest BCUT2D eigenvalue weighted by molar-refractivity contribution is 1.20. The molecule has 0 fully saturated rings. The van der Waals surface area contributed by atoms with Gasteiger partial charge in [0, 0.05) is 38.3 Å². The molecule has 0 atom stereocenters. The molecule has 0 unspecified atom stereocenters. The van der Waals surface area contributed by atoms with E-state index < -0.39 is 0 Å². The van der Waals surface area contributed by atoms with Crippen LogP contribution in [0.25, 0.3) is 48.6 Å². The van der Waals surface area contributed by atoms with E-state index in [0.29, 0.717) is 0 Å². The molecule has 3 heteroatoms. The Bertz CT molecular complexity index is 1380. The lowest BCUT2D eigenvalue weighted by Gasteiger charge is -2.06. The molecule has 0 aliphatic heterocycles. The molecule has 0 aliphatic carbocycles. The van der Waals surface area contributed by atoms with E-state index in [0.717, 1.165) is 0 Å². The second-order valence-electron chi connectivity index (χ2n) is 6.40. The van der Waals surface area contributed by atoms with E-state index in [1.54, 1.807) is 11.3 Å². The van der Waals surface area contributed by atoms with Gasteiger partial charge in [-0.05, 0) is 41.8 Å². The molecule has 3 aromatic carbocycles. The van der Waals surface area contributed by atoms with Gasteiger partial charge in [0.1, 0.15) is 4.83 Å². The number of thiophene rings is 1. The second-order valence-corrected chi connectivity index (χ2v) is 7.29. The summed E-state index contributed by atoms with van der Waals surface area (Å²) in [4.78, 5) is 4.88. The van der Waals surface area contributed by atoms with E-state index >= 15 is 0 Å². The first-order valence-corrected chi connectivity index (χ1v) is 9.26. The summed E-state index contributed by atoms with van der Waals surface area (Å²) in [6.07, 6.45) is 0. The van der Waals surface area contributed by atoms with Crippen LogP contribution in [-0.4, -0.2) is 9.55 Å². The first-order chi connectivity index (χ1) is 12.4. The lowest BCUT2D eigenvalue weighted by atomic mass is 10.1. The van der Waals surface area contributed by atoms with Crippen LogP contribution in [0.2, 0.25) is 0 Å². The first-order valence-electron chi connectivity index (χ1n) is 8.38. The maximum absolute atomic E-state index is 3.58. The minimum Gasteiger partial charge on any atom is -0.354 e. The van der Waals surface area contributed by atoms with Gasteiger partial charge in [-0.2, -0.15) is 0 Å². The molecular formula is C22H14N2S. The molecule has 0 radical (unpaired) electrons. The second kappa shape index (κ2) is 4.74. The Morgan fingerprint density at radius 2 is 1.52 bits per heavy atom. The summed E-state index contributed by atoms with van der Waals surface area (Å²) in [5.74, 6) is 0. The number of aromatic amines is 1. The Hall–Kier alpha value is -3.04. The molecule has 0 saturated carbocycles. The van der Waals surface area contributed by atoms with Crippen molar-refractivity contribution in [1.82, 2.24) is 9.55 Å². The molecule has 25 heavy (non-hydrogen) atoms. The number of fused-ring (bicyclic) bond motifs is 6. The minimum atomic E-state index is 1.19. The fourth-order valence-electron chi connectivity index (χ4n) is 3.91. The molecule has 6 rings (SSSR count). The molecule has 0 saturated heterocycles. The van der Waals surface area contributed by atoms with Crippen LogP contribution < -0.4 is 0 Å². The van der Waals surface area contributed by atoms with Crippen LogP contribution in [0.15, 0.2) is 78.2 Å². The molecule has 0 amide bonds. The van der Waals surface area contributed by atoms with Crippen molar-refractivity contribution in [3.8, 4) is 5.69 Å².